The van der Waals surface area contributed by atoms with E-state index in [1.54, 1.807) is 12.1 Å². The molecule has 12 heteroatoms. The molecule has 0 atom stereocenters. The van der Waals surface area contributed by atoms with Crippen molar-refractivity contribution in [3.05, 3.63) is 86.0 Å². The Labute approximate surface area is 275 Å². The van der Waals surface area contributed by atoms with Gasteiger partial charge in [-0.3, -0.25) is 0 Å². The van der Waals surface area contributed by atoms with Gasteiger partial charge in [-0.2, -0.15) is 0 Å². The second-order valence-corrected chi connectivity index (χ2v) is 9.23. The normalized spacial score (nSPS) is 9.83. The van der Waals surface area contributed by atoms with Crippen molar-refractivity contribution in [2.45, 2.75) is 47.0 Å². The fraction of sp³-hybridized carbons (Fsp3) is 0.314. The molecule has 0 saturated heterocycles. The van der Waals surface area contributed by atoms with Crippen LogP contribution in [-0.2, 0) is 24.6 Å². The number of esters is 2. The summed E-state index contributed by atoms with van der Waals surface area (Å²) in [6, 6.07) is 6.97. The first-order valence-electron chi connectivity index (χ1n) is 14.5. The highest BCUT2D eigenvalue weighted by atomic mass is 16.6. The topological polar surface area (TPSA) is 164 Å². The summed E-state index contributed by atoms with van der Waals surface area (Å²) >= 11 is 0. The van der Waals surface area contributed by atoms with E-state index in [4.69, 9.17) is 38.6 Å². The number of aliphatic carboxylic acids is 2. The third-order valence-corrected chi connectivity index (χ3v) is 5.76. The number of rotatable bonds is 16. The van der Waals surface area contributed by atoms with E-state index >= 15 is 0 Å². The first-order valence-corrected chi connectivity index (χ1v) is 14.5. The molecule has 2 N–H and O–H groups in total. The summed E-state index contributed by atoms with van der Waals surface area (Å²) in [6.45, 7) is 25.6. The predicted octanol–water partition coefficient (Wildman–Crippen LogP) is 6.30. The van der Waals surface area contributed by atoms with Crippen LogP contribution in [0.25, 0.3) is 0 Å². The molecule has 0 saturated carbocycles. The van der Waals surface area contributed by atoms with Gasteiger partial charge in [0.2, 0.25) is 11.5 Å². The highest BCUT2D eigenvalue weighted by Gasteiger charge is 2.35. The molecule has 2 rings (SSSR count). The molecular formula is C35H44O12. The quantitative estimate of drug-likeness (QED) is 0.118. The maximum Gasteiger partial charge on any atom is 0.335 e. The van der Waals surface area contributed by atoms with E-state index in [0.717, 1.165) is 35.4 Å². The van der Waals surface area contributed by atoms with Crippen LogP contribution in [-0.4, -0.2) is 60.5 Å². The van der Waals surface area contributed by atoms with E-state index in [9.17, 15) is 19.2 Å². The molecular weight excluding hydrogens is 612 g/mol. The Morgan fingerprint density at radius 1 is 0.574 bits per heavy atom. The molecule has 0 fully saturated rings. The molecule has 12 nitrogen and oxygen atoms in total. The minimum absolute atomic E-state index is 0.224. The van der Waals surface area contributed by atoms with Crippen molar-refractivity contribution in [1.29, 1.82) is 0 Å². The second kappa shape index (κ2) is 21.3. The van der Waals surface area contributed by atoms with Gasteiger partial charge in [0.25, 0.3) is 0 Å². The molecule has 2 aromatic carbocycles. The zero-order chi connectivity index (χ0) is 36.2. The molecule has 0 unspecified atom stereocenters. The second-order valence-electron chi connectivity index (χ2n) is 9.23. The first kappa shape index (κ1) is 41.5. The molecule has 0 bridgehead atoms. The van der Waals surface area contributed by atoms with Gasteiger partial charge in [-0.15, -0.1) is 0 Å². The van der Waals surface area contributed by atoms with Crippen LogP contribution < -0.4 is 28.4 Å². The van der Waals surface area contributed by atoms with Crippen molar-refractivity contribution in [3.8, 4) is 34.5 Å². The highest BCUT2D eigenvalue weighted by Crippen LogP contribution is 2.51. The average molecular weight is 657 g/mol. The lowest BCUT2D eigenvalue weighted by atomic mass is 9.76. The van der Waals surface area contributed by atoms with Gasteiger partial charge in [-0.1, -0.05) is 52.3 Å². The van der Waals surface area contributed by atoms with Crippen LogP contribution >= 0.6 is 0 Å². The van der Waals surface area contributed by atoms with E-state index in [-0.39, 0.29) is 11.5 Å². The fourth-order valence-electron chi connectivity index (χ4n) is 3.82. The van der Waals surface area contributed by atoms with Crippen LogP contribution in [0.4, 0.5) is 0 Å². The third-order valence-electron chi connectivity index (χ3n) is 5.76. The minimum atomic E-state index is -0.981. The maximum atomic E-state index is 11.9. The van der Waals surface area contributed by atoms with E-state index < -0.39 is 29.3 Å². The molecule has 0 aliphatic rings. The summed E-state index contributed by atoms with van der Waals surface area (Å²) in [5, 5.41) is 15.2. The maximum absolute atomic E-state index is 11.9. The Balaban J connectivity index is 0.00000184. The smallest absolute Gasteiger partial charge is 0.335 e. The average Bonchev–Trinajstić information content (AvgIpc) is 3.04. The Hall–Kier alpha value is -5.52. The number of carboxylic acids is 2. The molecule has 256 valence electrons. The number of carbonyl (C=O) groups is 4. The Morgan fingerprint density at radius 3 is 1.09 bits per heavy atom. The summed E-state index contributed by atoms with van der Waals surface area (Å²) in [6.07, 6.45) is 3.83. The molecule has 0 radical (unpaired) electrons. The van der Waals surface area contributed by atoms with Gasteiger partial charge in [-0.25, -0.2) is 19.2 Å². The molecule has 0 spiro atoms. The molecule has 47 heavy (non-hydrogen) atoms. The third kappa shape index (κ3) is 12.8. The molecule has 0 aliphatic heterocycles. The van der Waals surface area contributed by atoms with Crippen molar-refractivity contribution in [2.75, 3.05) is 26.4 Å². The number of carbonyl (C=O) groups excluding carboxylic acids is 2. The largest absolute Gasteiger partial charge is 0.490 e. The van der Waals surface area contributed by atoms with Crippen LogP contribution in [0.5, 0.6) is 34.5 Å². The summed E-state index contributed by atoms with van der Waals surface area (Å²) in [7, 11) is 0. The zero-order valence-electron chi connectivity index (χ0n) is 27.8. The lowest BCUT2D eigenvalue weighted by Gasteiger charge is -2.32. The van der Waals surface area contributed by atoms with Crippen molar-refractivity contribution < 1.29 is 57.8 Å². The van der Waals surface area contributed by atoms with Crippen molar-refractivity contribution >= 4 is 23.9 Å². The Kier molecular flexibility index (Phi) is 18.8. The summed E-state index contributed by atoms with van der Waals surface area (Å²) < 4.78 is 34.7. The van der Waals surface area contributed by atoms with Gasteiger partial charge in [0.05, 0.1) is 26.4 Å². The summed E-state index contributed by atoms with van der Waals surface area (Å²) in [5.74, 6) is -1.25. The first-order chi connectivity index (χ1) is 22.2. The van der Waals surface area contributed by atoms with Crippen LogP contribution in [0.2, 0.25) is 0 Å². The van der Waals surface area contributed by atoms with E-state index in [1.165, 1.54) is 0 Å². The van der Waals surface area contributed by atoms with Crippen molar-refractivity contribution in [2.24, 2.45) is 0 Å². The Morgan fingerprint density at radius 2 is 0.851 bits per heavy atom. The monoisotopic (exact) mass is 656 g/mol. The lowest BCUT2D eigenvalue weighted by molar-refractivity contribution is -0.132. The highest BCUT2D eigenvalue weighted by molar-refractivity contribution is 5.85. The lowest BCUT2D eigenvalue weighted by Crippen LogP contribution is -2.23. The molecule has 2 aromatic rings. The van der Waals surface area contributed by atoms with Crippen LogP contribution in [0.1, 0.15) is 52.7 Å². The van der Waals surface area contributed by atoms with E-state index in [1.807, 2.05) is 53.7 Å². The molecule has 0 amide bonds. The number of carboxylic acid groups (broad SMARTS) is 2. The van der Waals surface area contributed by atoms with Gasteiger partial charge in [0.1, 0.15) is 0 Å². The molecule has 0 aromatic heterocycles. The number of hydrogen-bond acceptors (Lipinski definition) is 10. The van der Waals surface area contributed by atoms with Crippen LogP contribution in [0.15, 0.2) is 74.9 Å². The fourth-order valence-corrected chi connectivity index (χ4v) is 3.82. The standard InChI is InChI=1S/C29H36O8.2C3H4O2/c1-9-23(30)36-21-17-15-19(25(32-11-3)27(21)34-13-5)29(7,8)20-16-18-22(37-24(31)10-2)28(35-14-6)26(20)33-12-4;2*1-2-3(4)5/h9-10,15-18H,1-2,11-14H2,3-8H3;2*2H,1H2,(H,4,5). The Bertz CT molecular complexity index is 1320. The number of benzene rings is 2. The predicted molar refractivity (Wildman–Crippen MR) is 177 cm³/mol. The number of hydrogen-bond donors (Lipinski definition) is 2. The summed E-state index contributed by atoms with van der Waals surface area (Å²) in [4.78, 5) is 42.4. The zero-order valence-corrected chi connectivity index (χ0v) is 27.8. The summed E-state index contributed by atoms with van der Waals surface area (Å²) in [5.41, 5.74) is 0.792. The SMILES string of the molecule is C=CC(=O)O.C=CC(=O)O.C=CC(=O)Oc1ccc(C(C)(C)c2ccc(OC(=O)C=C)c(OCC)c2OCC)c(OCC)c1OCC. The molecule has 0 heterocycles. The number of ether oxygens (including phenoxy) is 6. The van der Waals surface area contributed by atoms with Gasteiger partial charge < -0.3 is 38.6 Å². The van der Waals surface area contributed by atoms with Gasteiger partial charge in [-0.05, 0) is 39.8 Å². The van der Waals surface area contributed by atoms with E-state index in [0.29, 0.717) is 49.4 Å². The van der Waals surface area contributed by atoms with Crippen molar-refractivity contribution in [1.82, 2.24) is 0 Å². The van der Waals surface area contributed by atoms with Crippen LogP contribution in [0, 0.1) is 0 Å². The van der Waals surface area contributed by atoms with Gasteiger partial charge >= 0.3 is 23.9 Å². The van der Waals surface area contributed by atoms with Crippen LogP contribution in [0.3, 0.4) is 0 Å². The molecule has 0 aliphatic carbocycles. The van der Waals surface area contributed by atoms with Gasteiger partial charge in [0.15, 0.2) is 23.0 Å². The van der Waals surface area contributed by atoms with E-state index in [2.05, 4.69) is 26.3 Å². The van der Waals surface area contributed by atoms with Gasteiger partial charge in [0, 0.05) is 40.8 Å². The minimum Gasteiger partial charge on any atom is -0.490 e. The van der Waals surface area contributed by atoms with Crippen molar-refractivity contribution in [3.63, 3.8) is 0 Å².